The third-order valence-corrected chi connectivity index (χ3v) is 3.92. The molecule has 2 aromatic rings. The molecule has 0 aliphatic carbocycles. The molecule has 1 aromatic heterocycles. The summed E-state index contributed by atoms with van der Waals surface area (Å²) in [5.74, 6) is 0.785. The van der Waals surface area contributed by atoms with Crippen molar-refractivity contribution < 1.29 is 0 Å². The number of halogens is 1. The Hall–Kier alpha value is -1.39. The minimum Gasteiger partial charge on any atom is -0.399 e. The van der Waals surface area contributed by atoms with Gasteiger partial charge >= 0.3 is 0 Å². The number of hydrogen-bond acceptors (Lipinski definition) is 3. The van der Waals surface area contributed by atoms with Crippen molar-refractivity contribution in [1.29, 1.82) is 0 Å². The monoisotopic (exact) mass is 280 g/mol. The standard InChI is InChI=1S/C13H13ClN2OS/c14-11-9-10(15)4-5-12(11)18-8-7-16-6-2-1-3-13(16)17/h1-6,9H,7-8,15H2. The predicted molar refractivity (Wildman–Crippen MR) is 77.3 cm³/mol. The van der Waals surface area contributed by atoms with Crippen molar-refractivity contribution in [2.75, 3.05) is 11.5 Å². The molecule has 0 saturated heterocycles. The molecule has 1 aromatic carbocycles. The van der Waals surface area contributed by atoms with Crippen molar-refractivity contribution >= 4 is 29.1 Å². The zero-order valence-electron chi connectivity index (χ0n) is 9.67. The summed E-state index contributed by atoms with van der Waals surface area (Å²) < 4.78 is 1.68. The van der Waals surface area contributed by atoms with Crippen molar-refractivity contribution in [3.63, 3.8) is 0 Å². The number of rotatable bonds is 4. The Morgan fingerprint density at radius 2 is 2.11 bits per heavy atom. The van der Waals surface area contributed by atoms with Crippen LogP contribution in [0.4, 0.5) is 5.69 Å². The Balaban J connectivity index is 1.97. The quantitative estimate of drug-likeness (QED) is 0.692. The maximum absolute atomic E-state index is 11.5. The molecule has 2 rings (SSSR count). The van der Waals surface area contributed by atoms with Crippen LogP contribution in [0.2, 0.25) is 5.02 Å². The Labute approximate surface area is 115 Å². The zero-order chi connectivity index (χ0) is 13.0. The fourth-order valence-electron chi connectivity index (χ4n) is 1.53. The highest BCUT2D eigenvalue weighted by Crippen LogP contribution is 2.28. The molecule has 1 heterocycles. The van der Waals surface area contributed by atoms with Gasteiger partial charge in [0, 0.05) is 35.1 Å². The van der Waals surface area contributed by atoms with Crippen LogP contribution in [0.25, 0.3) is 0 Å². The average Bonchev–Trinajstić information content (AvgIpc) is 2.34. The largest absolute Gasteiger partial charge is 0.399 e. The first-order chi connectivity index (χ1) is 8.66. The van der Waals surface area contributed by atoms with E-state index in [-0.39, 0.29) is 5.56 Å². The lowest BCUT2D eigenvalue weighted by molar-refractivity contribution is 0.735. The molecule has 18 heavy (non-hydrogen) atoms. The van der Waals surface area contributed by atoms with Crippen LogP contribution in [0.1, 0.15) is 0 Å². The minimum absolute atomic E-state index is 0.0153. The van der Waals surface area contributed by atoms with Crippen LogP contribution in [-0.2, 0) is 6.54 Å². The van der Waals surface area contributed by atoms with Gasteiger partial charge in [0.1, 0.15) is 0 Å². The molecular formula is C13H13ClN2OS. The van der Waals surface area contributed by atoms with Crippen LogP contribution in [0.3, 0.4) is 0 Å². The molecule has 0 bridgehead atoms. The number of benzene rings is 1. The maximum Gasteiger partial charge on any atom is 0.250 e. The van der Waals surface area contributed by atoms with Gasteiger partial charge in [0.05, 0.1) is 5.02 Å². The number of aromatic nitrogens is 1. The van der Waals surface area contributed by atoms with Crippen molar-refractivity contribution in [3.8, 4) is 0 Å². The van der Waals surface area contributed by atoms with E-state index in [1.807, 2.05) is 18.2 Å². The van der Waals surface area contributed by atoms with Crippen molar-refractivity contribution in [1.82, 2.24) is 4.57 Å². The molecule has 0 atom stereocenters. The molecule has 0 aliphatic heterocycles. The summed E-state index contributed by atoms with van der Waals surface area (Å²) in [6, 6.07) is 10.6. The SMILES string of the molecule is Nc1ccc(SCCn2ccccc2=O)c(Cl)c1. The van der Waals surface area contributed by atoms with Crippen LogP contribution in [0.15, 0.2) is 52.3 Å². The fourth-order valence-corrected chi connectivity index (χ4v) is 2.76. The summed E-state index contributed by atoms with van der Waals surface area (Å²) in [5.41, 5.74) is 6.30. The highest BCUT2D eigenvalue weighted by Gasteiger charge is 2.02. The first-order valence-corrected chi connectivity index (χ1v) is 6.86. The molecule has 0 unspecified atom stereocenters. The molecule has 0 aliphatic rings. The molecule has 3 nitrogen and oxygen atoms in total. The molecule has 0 spiro atoms. The number of pyridine rings is 1. The second-order valence-electron chi connectivity index (χ2n) is 3.77. The first-order valence-electron chi connectivity index (χ1n) is 5.50. The van der Waals surface area contributed by atoms with Crippen molar-refractivity contribution in [2.24, 2.45) is 0 Å². The Morgan fingerprint density at radius 3 is 2.83 bits per heavy atom. The Morgan fingerprint density at radius 1 is 1.28 bits per heavy atom. The van der Waals surface area contributed by atoms with Crippen molar-refractivity contribution in [2.45, 2.75) is 11.4 Å². The van der Waals surface area contributed by atoms with Crippen molar-refractivity contribution in [3.05, 3.63) is 58.0 Å². The summed E-state index contributed by atoms with van der Waals surface area (Å²) in [6.45, 7) is 0.658. The summed E-state index contributed by atoms with van der Waals surface area (Å²) in [5, 5.41) is 0.653. The van der Waals surface area contributed by atoms with E-state index < -0.39 is 0 Å². The van der Waals surface area contributed by atoms with Crippen LogP contribution in [0, 0.1) is 0 Å². The van der Waals surface area contributed by atoms with Gasteiger partial charge < -0.3 is 10.3 Å². The molecule has 0 fully saturated rings. The van der Waals surface area contributed by atoms with E-state index in [0.29, 0.717) is 17.3 Å². The van der Waals surface area contributed by atoms with Gasteiger partial charge in [-0.05, 0) is 24.3 Å². The van der Waals surface area contributed by atoms with Crippen LogP contribution in [0.5, 0.6) is 0 Å². The van der Waals surface area contributed by atoms with E-state index in [9.17, 15) is 4.79 Å². The van der Waals surface area contributed by atoms with Gasteiger partial charge in [0.25, 0.3) is 5.56 Å². The lowest BCUT2D eigenvalue weighted by Crippen LogP contribution is -2.18. The van der Waals surface area contributed by atoms with Gasteiger partial charge in [0.15, 0.2) is 0 Å². The third-order valence-electron chi connectivity index (χ3n) is 2.44. The summed E-state index contributed by atoms with van der Waals surface area (Å²) in [7, 11) is 0. The van der Waals surface area contributed by atoms with Gasteiger partial charge in [0.2, 0.25) is 0 Å². The third kappa shape index (κ3) is 3.31. The molecule has 0 saturated carbocycles. The van der Waals surface area contributed by atoms with Gasteiger partial charge in [-0.15, -0.1) is 11.8 Å². The minimum atomic E-state index is 0.0153. The topological polar surface area (TPSA) is 48.0 Å². The Kier molecular flexibility index (Phi) is 4.33. The molecule has 0 amide bonds. The van der Waals surface area contributed by atoms with E-state index in [4.69, 9.17) is 17.3 Å². The van der Waals surface area contributed by atoms with Gasteiger partial charge in [-0.2, -0.15) is 0 Å². The van der Waals surface area contributed by atoms with Crippen LogP contribution < -0.4 is 11.3 Å². The van der Waals surface area contributed by atoms with E-state index in [1.54, 1.807) is 40.7 Å². The number of nitrogen functional groups attached to an aromatic ring is 1. The summed E-state index contributed by atoms with van der Waals surface area (Å²) >= 11 is 7.69. The van der Waals surface area contributed by atoms with E-state index in [1.165, 1.54) is 0 Å². The fraction of sp³-hybridized carbons (Fsp3) is 0.154. The lowest BCUT2D eigenvalue weighted by atomic mass is 10.3. The summed E-state index contributed by atoms with van der Waals surface area (Å²) in [4.78, 5) is 12.5. The van der Waals surface area contributed by atoms with Crippen LogP contribution >= 0.6 is 23.4 Å². The number of aryl methyl sites for hydroxylation is 1. The average molecular weight is 281 g/mol. The van der Waals surface area contributed by atoms with E-state index in [0.717, 1.165) is 10.6 Å². The van der Waals surface area contributed by atoms with Gasteiger partial charge in [-0.3, -0.25) is 4.79 Å². The summed E-state index contributed by atoms with van der Waals surface area (Å²) in [6.07, 6.45) is 1.79. The first kappa shape index (κ1) is 13.1. The number of nitrogens with two attached hydrogens (primary N) is 1. The number of hydrogen-bond donors (Lipinski definition) is 1. The highest BCUT2D eigenvalue weighted by atomic mass is 35.5. The van der Waals surface area contributed by atoms with Crippen LogP contribution in [-0.4, -0.2) is 10.3 Å². The molecule has 2 N–H and O–H groups in total. The highest BCUT2D eigenvalue weighted by molar-refractivity contribution is 7.99. The second kappa shape index (κ2) is 5.98. The van der Waals surface area contributed by atoms with Gasteiger partial charge in [-0.25, -0.2) is 0 Å². The van der Waals surface area contributed by atoms with E-state index >= 15 is 0 Å². The second-order valence-corrected chi connectivity index (χ2v) is 5.31. The molecule has 94 valence electrons. The maximum atomic E-state index is 11.5. The van der Waals surface area contributed by atoms with Gasteiger partial charge in [-0.1, -0.05) is 17.7 Å². The number of anilines is 1. The van der Waals surface area contributed by atoms with E-state index in [2.05, 4.69) is 0 Å². The number of nitrogens with zero attached hydrogens (tertiary/aromatic N) is 1. The smallest absolute Gasteiger partial charge is 0.250 e. The molecule has 5 heteroatoms. The molecule has 0 radical (unpaired) electrons. The Bertz CT molecular complexity index is 598. The normalized spacial score (nSPS) is 10.5. The lowest BCUT2D eigenvalue weighted by Gasteiger charge is -2.06. The zero-order valence-corrected chi connectivity index (χ0v) is 11.2. The predicted octanol–water partition coefficient (Wildman–Crippen LogP) is 2.88. The molecular weight excluding hydrogens is 268 g/mol. The number of thioether (sulfide) groups is 1.